The maximum Gasteiger partial charge on any atom is 0.213 e. The number of nitrogens with zero attached hydrogens (tertiary/aromatic N) is 4. The van der Waals surface area contributed by atoms with Crippen LogP contribution in [0.1, 0.15) is 18.5 Å². The minimum Gasteiger partial charge on any atom is -0.228 e. The second kappa shape index (κ2) is 4.38. The van der Waals surface area contributed by atoms with E-state index in [-0.39, 0.29) is 6.04 Å². The molecule has 4 nitrogen and oxygen atoms in total. The van der Waals surface area contributed by atoms with Gasteiger partial charge in [0.2, 0.25) is 5.95 Å². The van der Waals surface area contributed by atoms with Crippen molar-refractivity contribution < 1.29 is 4.39 Å². The van der Waals surface area contributed by atoms with Crippen LogP contribution in [0.15, 0.2) is 17.4 Å². The van der Waals surface area contributed by atoms with Gasteiger partial charge in [0, 0.05) is 20.7 Å². The van der Waals surface area contributed by atoms with Crippen molar-refractivity contribution in [2.45, 2.75) is 13.0 Å². The van der Waals surface area contributed by atoms with Crippen molar-refractivity contribution in [3.8, 4) is 0 Å². The van der Waals surface area contributed by atoms with Crippen LogP contribution in [0.2, 0.25) is 0 Å². The fourth-order valence-corrected chi connectivity index (χ4v) is 1.71. The van der Waals surface area contributed by atoms with Crippen LogP contribution >= 0.6 is 22.6 Å². The molecule has 1 aromatic heterocycles. The predicted octanol–water partition coefficient (Wildman–Crippen LogP) is 3.20. The summed E-state index contributed by atoms with van der Waals surface area (Å²) in [6.45, 7) is 1.73. The molecule has 0 N–H and O–H groups in total. The molecular weight excluding hydrogens is 286 g/mol. The zero-order chi connectivity index (χ0) is 9.84. The Labute approximate surface area is 87.9 Å². The summed E-state index contributed by atoms with van der Waals surface area (Å²) >= 11 is 1.98. The molecule has 1 heterocycles. The van der Waals surface area contributed by atoms with Gasteiger partial charge in [-0.1, -0.05) is 12.0 Å². The third-order valence-corrected chi connectivity index (χ3v) is 2.46. The topological polar surface area (TPSA) is 61.7 Å². The third kappa shape index (κ3) is 2.53. The molecule has 0 amide bonds. The van der Waals surface area contributed by atoms with Gasteiger partial charge in [-0.05, 0) is 33.7 Å². The van der Waals surface area contributed by atoms with Crippen LogP contribution in [-0.2, 0) is 0 Å². The smallest absolute Gasteiger partial charge is 0.213 e. The van der Waals surface area contributed by atoms with Gasteiger partial charge in [0.25, 0.3) is 0 Å². The van der Waals surface area contributed by atoms with Crippen molar-refractivity contribution in [1.82, 2.24) is 4.98 Å². The molecule has 0 spiro atoms. The number of hydrogen-bond acceptors (Lipinski definition) is 2. The highest BCUT2D eigenvalue weighted by molar-refractivity contribution is 14.1. The van der Waals surface area contributed by atoms with E-state index < -0.39 is 5.95 Å². The van der Waals surface area contributed by atoms with Crippen molar-refractivity contribution in [1.29, 1.82) is 0 Å². The van der Waals surface area contributed by atoms with E-state index in [0.29, 0.717) is 3.57 Å². The minimum absolute atomic E-state index is 0.315. The molecule has 13 heavy (non-hydrogen) atoms. The monoisotopic (exact) mass is 292 g/mol. The highest BCUT2D eigenvalue weighted by Crippen LogP contribution is 2.22. The van der Waals surface area contributed by atoms with E-state index >= 15 is 0 Å². The largest absolute Gasteiger partial charge is 0.228 e. The maximum absolute atomic E-state index is 12.6. The molecule has 0 saturated carbocycles. The number of halogens is 2. The van der Waals surface area contributed by atoms with E-state index in [0.717, 1.165) is 5.56 Å². The molecule has 1 rings (SSSR count). The standard InChI is InChI=1S/C7H6FIN4/c1-4(12-13-10)5-3-11-7(8)2-6(5)9/h2-4H,1H3/t4-/m1/s1. The lowest BCUT2D eigenvalue weighted by atomic mass is 10.2. The fraction of sp³-hybridized carbons (Fsp3) is 0.286. The first-order valence-electron chi connectivity index (χ1n) is 3.50. The zero-order valence-corrected chi connectivity index (χ0v) is 8.93. The molecule has 68 valence electrons. The Morgan fingerprint density at radius 2 is 2.46 bits per heavy atom. The van der Waals surface area contributed by atoms with Gasteiger partial charge in [0.05, 0.1) is 6.04 Å². The molecule has 1 aromatic rings. The van der Waals surface area contributed by atoms with Gasteiger partial charge in [-0.2, -0.15) is 4.39 Å². The summed E-state index contributed by atoms with van der Waals surface area (Å²) in [5.74, 6) is -0.527. The molecule has 0 unspecified atom stereocenters. The summed E-state index contributed by atoms with van der Waals surface area (Å²) in [6.07, 6.45) is 1.39. The van der Waals surface area contributed by atoms with Crippen molar-refractivity contribution >= 4 is 22.6 Å². The summed E-state index contributed by atoms with van der Waals surface area (Å²) < 4.78 is 13.3. The number of hydrogen-bond donors (Lipinski definition) is 0. The van der Waals surface area contributed by atoms with Gasteiger partial charge < -0.3 is 0 Å². The van der Waals surface area contributed by atoms with E-state index in [2.05, 4.69) is 15.0 Å². The highest BCUT2D eigenvalue weighted by Gasteiger charge is 2.08. The Morgan fingerprint density at radius 3 is 3.00 bits per heavy atom. The second-order valence-corrected chi connectivity index (χ2v) is 3.57. The van der Waals surface area contributed by atoms with E-state index in [1.165, 1.54) is 12.3 Å². The number of aromatic nitrogens is 1. The average Bonchev–Trinajstić information content (AvgIpc) is 2.04. The van der Waals surface area contributed by atoms with Crippen LogP contribution in [0.4, 0.5) is 4.39 Å². The molecule has 0 saturated heterocycles. The Kier molecular flexibility index (Phi) is 3.44. The maximum atomic E-state index is 12.6. The van der Waals surface area contributed by atoms with Crippen molar-refractivity contribution in [3.05, 3.63) is 37.8 Å². The van der Waals surface area contributed by atoms with Gasteiger partial charge in [-0.3, -0.25) is 0 Å². The van der Waals surface area contributed by atoms with E-state index in [1.807, 2.05) is 22.6 Å². The quantitative estimate of drug-likeness (QED) is 0.271. The molecule has 6 heteroatoms. The molecule has 0 aliphatic carbocycles. The van der Waals surface area contributed by atoms with Crippen LogP contribution in [0.3, 0.4) is 0 Å². The number of pyridine rings is 1. The lowest BCUT2D eigenvalue weighted by molar-refractivity contribution is 0.579. The van der Waals surface area contributed by atoms with Gasteiger partial charge in [-0.15, -0.1) is 0 Å². The van der Waals surface area contributed by atoms with E-state index in [1.54, 1.807) is 6.92 Å². The molecule has 0 radical (unpaired) electrons. The lowest BCUT2D eigenvalue weighted by Crippen LogP contribution is -1.95. The summed E-state index contributed by atoms with van der Waals surface area (Å²) in [5.41, 5.74) is 8.94. The molecule has 0 fully saturated rings. The summed E-state index contributed by atoms with van der Waals surface area (Å²) in [5, 5.41) is 3.50. The first-order valence-corrected chi connectivity index (χ1v) is 4.58. The molecule has 0 aromatic carbocycles. The zero-order valence-electron chi connectivity index (χ0n) is 6.78. The predicted molar refractivity (Wildman–Crippen MR) is 54.5 cm³/mol. The van der Waals surface area contributed by atoms with Crippen LogP contribution in [0.5, 0.6) is 0 Å². The summed E-state index contributed by atoms with van der Waals surface area (Å²) in [6, 6.07) is 0.990. The lowest BCUT2D eigenvalue weighted by Gasteiger charge is -2.06. The van der Waals surface area contributed by atoms with E-state index in [9.17, 15) is 4.39 Å². The Balaban J connectivity index is 3.08. The Bertz CT molecular complexity index is 362. The number of rotatable bonds is 2. The van der Waals surface area contributed by atoms with Crippen LogP contribution in [0.25, 0.3) is 10.4 Å². The third-order valence-electron chi connectivity index (χ3n) is 1.52. The molecular formula is C7H6FIN4. The van der Waals surface area contributed by atoms with Crippen molar-refractivity contribution in [2.24, 2.45) is 5.11 Å². The minimum atomic E-state index is -0.527. The van der Waals surface area contributed by atoms with Crippen LogP contribution in [-0.4, -0.2) is 4.98 Å². The fourth-order valence-electron chi connectivity index (χ4n) is 0.865. The second-order valence-electron chi connectivity index (χ2n) is 2.41. The van der Waals surface area contributed by atoms with Crippen molar-refractivity contribution in [3.63, 3.8) is 0 Å². The van der Waals surface area contributed by atoms with Crippen LogP contribution in [0, 0.1) is 9.52 Å². The number of azide groups is 1. The van der Waals surface area contributed by atoms with Gasteiger partial charge in [0.15, 0.2) is 0 Å². The molecule has 0 aliphatic rings. The Hall–Kier alpha value is -0.880. The van der Waals surface area contributed by atoms with Crippen LogP contribution < -0.4 is 0 Å². The summed E-state index contributed by atoms with van der Waals surface area (Å²) in [4.78, 5) is 6.16. The SMILES string of the molecule is C[C@@H](N=[N+]=[N-])c1cnc(F)cc1I. The van der Waals surface area contributed by atoms with Gasteiger partial charge in [0.1, 0.15) is 0 Å². The first-order chi connectivity index (χ1) is 6.15. The normalized spacial score (nSPS) is 11.9. The molecule has 1 atom stereocenters. The van der Waals surface area contributed by atoms with Gasteiger partial charge >= 0.3 is 0 Å². The van der Waals surface area contributed by atoms with E-state index in [4.69, 9.17) is 5.53 Å². The molecule has 0 aliphatic heterocycles. The van der Waals surface area contributed by atoms with Crippen molar-refractivity contribution in [2.75, 3.05) is 0 Å². The molecule has 0 bridgehead atoms. The first kappa shape index (κ1) is 10.2. The Morgan fingerprint density at radius 1 is 1.77 bits per heavy atom. The van der Waals surface area contributed by atoms with Gasteiger partial charge in [-0.25, -0.2) is 4.98 Å². The summed E-state index contributed by atoms with van der Waals surface area (Å²) in [7, 11) is 0. The average molecular weight is 292 g/mol. The highest BCUT2D eigenvalue weighted by atomic mass is 127.